The van der Waals surface area contributed by atoms with Crippen molar-refractivity contribution in [3.63, 3.8) is 0 Å². The number of benzene rings is 1. The minimum absolute atomic E-state index is 0.151. The number of nitrogens with zero attached hydrogens (tertiary/aromatic N) is 3. The predicted octanol–water partition coefficient (Wildman–Crippen LogP) is 6.12. The van der Waals surface area contributed by atoms with Gasteiger partial charge in [0, 0.05) is 48.5 Å². The second-order valence-electron chi connectivity index (χ2n) is 8.18. The Bertz CT molecular complexity index is 1140. The van der Waals surface area contributed by atoms with Crippen molar-refractivity contribution in [2.75, 3.05) is 5.32 Å². The van der Waals surface area contributed by atoms with Crippen LogP contribution in [0.2, 0.25) is 0 Å². The molecule has 0 radical (unpaired) electrons. The molecule has 0 aliphatic heterocycles. The van der Waals surface area contributed by atoms with E-state index in [9.17, 15) is 13.6 Å². The molecule has 0 spiro atoms. The van der Waals surface area contributed by atoms with Crippen molar-refractivity contribution in [2.24, 2.45) is 0 Å². The Kier molecular flexibility index (Phi) is 6.08. The standard InChI is InChI=1S/C25H24F2N4O/c1-16(2)23-29-14-19(15-30-23)24(32)31-22-20(17-8-11-25(26,27)12-9-17)10-13-28-21(22)18-6-4-3-5-7-18/h3-8,10,13-16H,9,11-12H2,1-2H3,(H,31,32). The maximum absolute atomic E-state index is 13.7. The quantitative estimate of drug-likeness (QED) is 0.526. The lowest BCUT2D eigenvalue weighted by molar-refractivity contribution is -0.00603. The molecule has 2 heterocycles. The third kappa shape index (κ3) is 4.72. The molecule has 0 atom stereocenters. The molecular formula is C25H24F2N4O. The first-order valence-corrected chi connectivity index (χ1v) is 10.6. The number of amides is 1. The summed E-state index contributed by atoms with van der Waals surface area (Å²) in [6.45, 7) is 3.95. The summed E-state index contributed by atoms with van der Waals surface area (Å²) < 4.78 is 27.4. The fourth-order valence-corrected chi connectivity index (χ4v) is 3.65. The number of rotatable bonds is 5. The molecule has 1 N–H and O–H groups in total. The molecule has 164 valence electrons. The van der Waals surface area contributed by atoms with Crippen molar-refractivity contribution in [3.05, 3.63) is 78.0 Å². The fourth-order valence-electron chi connectivity index (χ4n) is 3.65. The highest BCUT2D eigenvalue weighted by Gasteiger charge is 2.32. The van der Waals surface area contributed by atoms with Crippen molar-refractivity contribution in [1.29, 1.82) is 0 Å². The second kappa shape index (κ2) is 8.94. The summed E-state index contributed by atoms with van der Waals surface area (Å²) in [7, 11) is 0. The maximum Gasteiger partial charge on any atom is 0.258 e. The van der Waals surface area contributed by atoms with Gasteiger partial charge in [0.1, 0.15) is 5.82 Å². The Hall–Kier alpha value is -3.48. The van der Waals surface area contributed by atoms with Crippen molar-refractivity contribution >= 4 is 17.2 Å². The molecule has 1 aromatic carbocycles. The number of aromatic nitrogens is 3. The number of carbonyl (C=O) groups excluding carboxylic acids is 1. The van der Waals surface area contributed by atoms with Crippen LogP contribution in [0.3, 0.4) is 0 Å². The van der Waals surface area contributed by atoms with Gasteiger partial charge in [0.05, 0.1) is 16.9 Å². The Morgan fingerprint density at radius 1 is 1.06 bits per heavy atom. The number of halogens is 2. The predicted molar refractivity (Wildman–Crippen MR) is 121 cm³/mol. The maximum atomic E-state index is 13.7. The van der Waals surface area contributed by atoms with Crippen molar-refractivity contribution < 1.29 is 13.6 Å². The average Bonchev–Trinajstić information content (AvgIpc) is 2.80. The van der Waals surface area contributed by atoms with Crippen LogP contribution < -0.4 is 5.32 Å². The molecule has 7 heteroatoms. The van der Waals surface area contributed by atoms with Crippen LogP contribution in [0, 0.1) is 0 Å². The van der Waals surface area contributed by atoms with E-state index < -0.39 is 5.92 Å². The zero-order chi connectivity index (χ0) is 22.7. The van der Waals surface area contributed by atoms with Gasteiger partial charge in [-0.15, -0.1) is 0 Å². The molecular weight excluding hydrogens is 410 g/mol. The van der Waals surface area contributed by atoms with Crippen LogP contribution in [0.1, 0.15) is 60.8 Å². The van der Waals surface area contributed by atoms with E-state index >= 15 is 0 Å². The number of hydrogen-bond donors (Lipinski definition) is 1. The summed E-state index contributed by atoms with van der Waals surface area (Å²) >= 11 is 0. The summed E-state index contributed by atoms with van der Waals surface area (Å²) in [5.74, 6) is -2.27. The topological polar surface area (TPSA) is 67.8 Å². The van der Waals surface area contributed by atoms with E-state index in [1.165, 1.54) is 12.4 Å². The van der Waals surface area contributed by atoms with E-state index in [2.05, 4.69) is 20.3 Å². The molecule has 0 saturated carbocycles. The molecule has 0 unspecified atom stereocenters. The first kappa shape index (κ1) is 21.7. The van der Waals surface area contributed by atoms with Gasteiger partial charge in [-0.3, -0.25) is 9.78 Å². The Morgan fingerprint density at radius 2 is 1.78 bits per heavy atom. The molecule has 1 amide bonds. The highest BCUT2D eigenvalue weighted by Crippen LogP contribution is 2.40. The van der Waals surface area contributed by atoms with Gasteiger partial charge < -0.3 is 5.32 Å². The van der Waals surface area contributed by atoms with Gasteiger partial charge in [0.15, 0.2) is 0 Å². The largest absolute Gasteiger partial charge is 0.319 e. The van der Waals surface area contributed by atoms with Crippen molar-refractivity contribution in [2.45, 2.75) is 45.0 Å². The van der Waals surface area contributed by atoms with Crippen LogP contribution in [0.4, 0.5) is 14.5 Å². The van der Waals surface area contributed by atoms with E-state index in [1.807, 2.05) is 44.2 Å². The molecule has 4 rings (SSSR count). The molecule has 1 aliphatic rings. The average molecular weight is 434 g/mol. The third-order valence-corrected chi connectivity index (χ3v) is 5.44. The first-order chi connectivity index (χ1) is 15.3. The minimum Gasteiger partial charge on any atom is -0.319 e. The molecule has 3 aromatic rings. The van der Waals surface area contributed by atoms with Gasteiger partial charge in [-0.05, 0) is 18.1 Å². The highest BCUT2D eigenvalue weighted by atomic mass is 19.3. The van der Waals surface area contributed by atoms with Gasteiger partial charge in [-0.1, -0.05) is 50.3 Å². The summed E-state index contributed by atoms with van der Waals surface area (Å²) in [5, 5.41) is 2.95. The SMILES string of the molecule is CC(C)c1ncc(C(=O)Nc2c(C3=CCC(F)(F)CC3)ccnc2-c2ccccc2)cn1. The number of anilines is 1. The molecule has 0 saturated heterocycles. The van der Waals surface area contributed by atoms with Gasteiger partial charge in [0.2, 0.25) is 0 Å². The van der Waals surface area contributed by atoms with Gasteiger partial charge in [-0.25, -0.2) is 18.7 Å². The molecule has 0 bridgehead atoms. The van der Waals surface area contributed by atoms with Crippen LogP contribution in [-0.4, -0.2) is 26.8 Å². The normalized spacial score (nSPS) is 15.3. The lowest BCUT2D eigenvalue weighted by Gasteiger charge is -2.24. The summed E-state index contributed by atoms with van der Waals surface area (Å²) in [4.78, 5) is 26.1. The van der Waals surface area contributed by atoms with Gasteiger partial charge in [0.25, 0.3) is 11.8 Å². The van der Waals surface area contributed by atoms with Crippen molar-refractivity contribution in [3.8, 4) is 11.3 Å². The van der Waals surface area contributed by atoms with Crippen LogP contribution in [0.5, 0.6) is 0 Å². The Labute approximate surface area is 185 Å². The lowest BCUT2D eigenvalue weighted by atomic mass is 9.90. The molecule has 0 fully saturated rings. The number of allylic oxidation sites excluding steroid dienone is 2. The van der Waals surface area contributed by atoms with Crippen LogP contribution in [0.15, 0.2) is 61.1 Å². The van der Waals surface area contributed by atoms with E-state index in [4.69, 9.17) is 0 Å². The number of pyridine rings is 1. The van der Waals surface area contributed by atoms with Crippen LogP contribution >= 0.6 is 0 Å². The number of nitrogens with one attached hydrogen (secondary N) is 1. The highest BCUT2D eigenvalue weighted by molar-refractivity contribution is 6.07. The minimum atomic E-state index is -2.70. The molecule has 5 nitrogen and oxygen atoms in total. The zero-order valence-electron chi connectivity index (χ0n) is 18.0. The smallest absolute Gasteiger partial charge is 0.258 e. The Balaban J connectivity index is 1.74. The third-order valence-electron chi connectivity index (χ3n) is 5.44. The van der Waals surface area contributed by atoms with Gasteiger partial charge >= 0.3 is 0 Å². The fraction of sp³-hybridized carbons (Fsp3) is 0.280. The number of hydrogen-bond acceptors (Lipinski definition) is 4. The van der Waals surface area contributed by atoms with E-state index in [0.29, 0.717) is 28.3 Å². The zero-order valence-corrected chi connectivity index (χ0v) is 18.0. The van der Waals surface area contributed by atoms with E-state index in [0.717, 1.165) is 11.1 Å². The second-order valence-corrected chi connectivity index (χ2v) is 8.18. The van der Waals surface area contributed by atoms with Crippen LogP contribution in [0.25, 0.3) is 16.8 Å². The Morgan fingerprint density at radius 3 is 2.41 bits per heavy atom. The first-order valence-electron chi connectivity index (χ1n) is 10.6. The van der Waals surface area contributed by atoms with Crippen molar-refractivity contribution in [1.82, 2.24) is 15.0 Å². The molecule has 32 heavy (non-hydrogen) atoms. The van der Waals surface area contributed by atoms with Gasteiger partial charge in [-0.2, -0.15) is 0 Å². The summed E-state index contributed by atoms with van der Waals surface area (Å²) in [6.07, 6.45) is 5.88. The monoisotopic (exact) mass is 434 g/mol. The summed E-state index contributed by atoms with van der Waals surface area (Å²) in [6, 6.07) is 11.2. The van der Waals surface area contributed by atoms with E-state index in [1.54, 1.807) is 18.3 Å². The molecule has 2 aromatic heterocycles. The van der Waals surface area contributed by atoms with E-state index in [-0.39, 0.29) is 31.1 Å². The lowest BCUT2D eigenvalue weighted by Crippen LogP contribution is -2.19. The molecule has 1 aliphatic carbocycles. The summed E-state index contributed by atoms with van der Waals surface area (Å²) in [5.41, 5.74) is 3.67. The van der Waals surface area contributed by atoms with Crippen LogP contribution in [-0.2, 0) is 0 Å². The number of carbonyl (C=O) groups is 1. The number of alkyl halides is 2.